The summed E-state index contributed by atoms with van der Waals surface area (Å²) in [6.45, 7) is 0. The molecule has 0 amide bonds. The highest BCUT2D eigenvalue weighted by molar-refractivity contribution is 6.51. The van der Waals surface area contributed by atoms with E-state index in [1.807, 2.05) is 0 Å². The van der Waals surface area contributed by atoms with Gasteiger partial charge in [0.15, 0.2) is 4.33 Å². The van der Waals surface area contributed by atoms with Crippen LogP contribution >= 0.6 is 34.8 Å². The molecule has 1 aliphatic carbocycles. The van der Waals surface area contributed by atoms with Gasteiger partial charge in [-0.3, -0.25) is 0 Å². The van der Waals surface area contributed by atoms with Crippen LogP contribution in [0.5, 0.6) is 0 Å². The zero-order chi connectivity index (χ0) is 9.19. The zero-order valence-corrected chi connectivity index (χ0v) is 8.07. The van der Waals surface area contributed by atoms with Crippen LogP contribution in [0, 0.1) is 0 Å². The fourth-order valence-corrected chi connectivity index (χ4v) is 1.65. The quantitative estimate of drug-likeness (QED) is 0.382. The highest BCUT2D eigenvalue weighted by Crippen LogP contribution is 2.35. The molecule has 0 heterocycles. The van der Waals surface area contributed by atoms with Crippen molar-refractivity contribution in [3.05, 3.63) is 23.3 Å². The van der Waals surface area contributed by atoms with E-state index in [1.54, 1.807) is 12.2 Å². The molecule has 1 aliphatic rings. The van der Waals surface area contributed by atoms with Gasteiger partial charge in [-0.25, -0.2) is 4.79 Å². The Labute approximate surface area is 84.5 Å². The summed E-state index contributed by atoms with van der Waals surface area (Å²) in [6, 6.07) is -0.610. The molecule has 0 bridgehead atoms. The number of allylic oxidation sites excluding steroid dienone is 2. The van der Waals surface area contributed by atoms with E-state index < -0.39 is 10.4 Å². The Balaban J connectivity index is 2.96. The first-order valence-electron chi connectivity index (χ1n) is 3.07. The van der Waals surface area contributed by atoms with Crippen LogP contribution in [0.15, 0.2) is 28.3 Å². The van der Waals surface area contributed by atoms with Crippen LogP contribution in [0.3, 0.4) is 0 Å². The van der Waals surface area contributed by atoms with Gasteiger partial charge in [-0.05, 0) is 12.2 Å². The lowest BCUT2D eigenvalue weighted by Gasteiger charge is -2.22. The van der Waals surface area contributed by atoms with E-state index >= 15 is 0 Å². The van der Waals surface area contributed by atoms with Crippen molar-refractivity contribution in [3.63, 3.8) is 0 Å². The molecule has 1 rings (SSSR count). The number of aliphatic imine (C=N–C) groups is 1. The van der Waals surface area contributed by atoms with Gasteiger partial charge in [0.05, 0.1) is 0 Å². The highest BCUT2D eigenvalue weighted by Gasteiger charge is 2.33. The van der Waals surface area contributed by atoms with E-state index in [0.717, 1.165) is 0 Å². The van der Waals surface area contributed by atoms with Crippen LogP contribution in [0.25, 0.3) is 0 Å². The molecule has 0 saturated heterocycles. The highest BCUT2D eigenvalue weighted by atomic mass is 35.5. The molecule has 12 heavy (non-hydrogen) atoms. The second kappa shape index (κ2) is 3.63. The number of nitrogens with zero attached hydrogens (tertiary/aromatic N) is 1. The van der Waals surface area contributed by atoms with Crippen molar-refractivity contribution in [1.29, 1.82) is 0 Å². The van der Waals surface area contributed by atoms with Crippen molar-refractivity contribution in [2.45, 2.75) is 10.4 Å². The van der Waals surface area contributed by atoms with Gasteiger partial charge in [0.2, 0.25) is 6.08 Å². The average Bonchev–Trinajstić information content (AvgIpc) is 1.94. The maximum absolute atomic E-state index is 9.95. The molecule has 0 aromatic rings. The van der Waals surface area contributed by atoms with Gasteiger partial charge in [0.25, 0.3) is 0 Å². The Hall–Kier alpha value is -0.270. The second-order valence-electron chi connectivity index (χ2n) is 2.23. The van der Waals surface area contributed by atoms with Gasteiger partial charge >= 0.3 is 0 Å². The largest absolute Gasteiger partial charge is 0.235 e. The molecule has 64 valence electrons. The molecular formula is C7H4Cl3NO. The molecule has 1 unspecified atom stereocenters. The first-order chi connectivity index (χ1) is 5.56. The molecule has 0 aromatic heterocycles. The third kappa shape index (κ3) is 2.11. The topological polar surface area (TPSA) is 29.4 Å². The molecule has 0 N–H and O–H groups in total. The van der Waals surface area contributed by atoms with Gasteiger partial charge in [-0.2, -0.15) is 4.99 Å². The van der Waals surface area contributed by atoms with Gasteiger partial charge in [-0.1, -0.05) is 40.9 Å². The minimum Gasteiger partial charge on any atom is -0.211 e. The van der Waals surface area contributed by atoms with Crippen molar-refractivity contribution in [3.8, 4) is 0 Å². The van der Waals surface area contributed by atoms with Crippen LogP contribution in [-0.2, 0) is 4.79 Å². The summed E-state index contributed by atoms with van der Waals surface area (Å²) in [5, 5.41) is 0.428. The number of halogens is 3. The summed E-state index contributed by atoms with van der Waals surface area (Å²) in [5.74, 6) is 0. The van der Waals surface area contributed by atoms with Gasteiger partial charge in [-0.15, -0.1) is 0 Å². The maximum Gasteiger partial charge on any atom is 0.235 e. The standard InChI is InChI=1S/C7H4Cl3NO/c8-5-1-2-6(11-4-12)7(9,10)3-5/h1-3,6H. The number of carbonyl (C=O) groups excluding carboxylic acids is 1. The minimum atomic E-state index is -1.25. The summed E-state index contributed by atoms with van der Waals surface area (Å²) in [6.07, 6.45) is 5.94. The first-order valence-corrected chi connectivity index (χ1v) is 4.21. The van der Waals surface area contributed by atoms with E-state index in [4.69, 9.17) is 34.8 Å². The molecular weight excluding hydrogens is 220 g/mol. The predicted molar refractivity (Wildman–Crippen MR) is 49.4 cm³/mol. The molecule has 5 heteroatoms. The summed E-state index contributed by atoms with van der Waals surface area (Å²) in [4.78, 5) is 13.4. The molecule has 0 aromatic carbocycles. The van der Waals surface area contributed by atoms with E-state index in [1.165, 1.54) is 12.2 Å². The first kappa shape index (κ1) is 9.82. The number of alkyl halides is 2. The third-order valence-electron chi connectivity index (χ3n) is 1.35. The van der Waals surface area contributed by atoms with Crippen LogP contribution in [0.4, 0.5) is 0 Å². The smallest absolute Gasteiger partial charge is 0.211 e. The maximum atomic E-state index is 9.95. The van der Waals surface area contributed by atoms with Gasteiger partial charge in [0.1, 0.15) is 6.04 Å². The minimum absolute atomic E-state index is 0.428. The lowest BCUT2D eigenvalue weighted by molar-refractivity contribution is 0.559. The Kier molecular flexibility index (Phi) is 2.97. The number of hydrogen-bond acceptors (Lipinski definition) is 2. The van der Waals surface area contributed by atoms with E-state index in [0.29, 0.717) is 5.03 Å². The Morgan fingerprint density at radius 1 is 1.58 bits per heavy atom. The van der Waals surface area contributed by atoms with Crippen LogP contribution < -0.4 is 0 Å². The summed E-state index contributed by atoms with van der Waals surface area (Å²) in [5.41, 5.74) is 0. The van der Waals surface area contributed by atoms with Crippen molar-refractivity contribution < 1.29 is 4.79 Å². The summed E-state index contributed by atoms with van der Waals surface area (Å²) >= 11 is 17.2. The van der Waals surface area contributed by atoms with E-state index in [9.17, 15) is 4.79 Å². The molecule has 0 aliphatic heterocycles. The van der Waals surface area contributed by atoms with E-state index in [2.05, 4.69) is 4.99 Å². The molecule has 2 nitrogen and oxygen atoms in total. The molecule has 1 atom stereocenters. The Morgan fingerprint density at radius 3 is 2.75 bits per heavy atom. The normalized spacial score (nSPS) is 25.9. The third-order valence-corrected chi connectivity index (χ3v) is 2.25. The molecule has 0 fully saturated rings. The van der Waals surface area contributed by atoms with Crippen molar-refractivity contribution >= 4 is 40.9 Å². The van der Waals surface area contributed by atoms with Gasteiger partial charge < -0.3 is 0 Å². The summed E-state index contributed by atoms with van der Waals surface area (Å²) in [7, 11) is 0. The molecule has 0 radical (unpaired) electrons. The Bertz CT molecular complexity index is 289. The second-order valence-corrected chi connectivity index (χ2v) is 4.11. The van der Waals surface area contributed by atoms with E-state index in [-0.39, 0.29) is 0 Å². The van der Waals surface area contributed by atoms with Crippen LogP contribution in [-0.4, -0.2) is 16.5 Å². The predicted octanol–water partition coefficient (Wildman–Crippen LogP) is 2.56. The van der Waals surface area contributed by atoms with Crippen molar-refractivity contribution in [2.75, 3.05) is 0 Å². The lowest BCUT2D eigenvalue weighted by Crippen LogP contribution is -2.27. The fraction of sp³-hybridized carbons (Fsp3) is 0.286. The monoisotopic (exact) mass is 223 g/mol. The van der Waals surface area contributed by atoms with Crippen LogP contribution in [0.2, 0.25) is 0 Å². The van der Waals surface area contributed by atoms with Crippen molar-refractivity contribution in [2.24, 2.45) is 4.99 Å². The Morgan fingerprint density at radius 2 is 2.25 bits per heavy atom. The fourth-order valence-electron chi connectivity index (χ4n) is 0.815. The number of hydrogen-bond donors (Lipinski definition) is 0. The molecule has 0 spiro atoms. The lowest BCUT2D eigenvalue weighted by atomic mass is 10.1. The van der Waals surface area contributed by atoms with Crippen LogP contribution in [0.1, 0.15) is 0 Å². The SMILES string of the molecule is O=C=NC1C=CC(Cl)=CC1(Cl)Cl. The number of isocyanates is 1. The summed E-state index contributed by atoms with van der Waals surface area (Å²) < 4.78 is -1.25. The average molecular weight is 224 g/mol. The van der Waals surface area contributed by atoms with Gasteiger partial charge in [0, 0.05) is 5.03 Å². The number of rotatable bonds is 1. The molecule has 0 saturated carbocycles. The van der Waals surface area contributed by atoms with Crippen molar-refractivity contribution in [1.82, 2.24) is 0 Å². The zero-order valence-electron chi connectivity index (χ0n) is 5.80.